The summed E-state index contributed by atoms with van der Waals surface area (Å²) in [6, 6.07) is 20.7. The Morgan fingerprint density at radius 3 is 2.49 bits per heavy atom. The number of nitrogens with zero attached hydrogens (tertiary/aromatic N) is 4. The van der Waals surface area contributed by atoms with E-state index in [1.165, 1.54) is 0 Å². The highest BCUT2D eigenvalue weighted by molar-refractivity contribution is 5.93. The van der Waals surface area contributed by atoms with E-state index in [0.29, 0.717) is 11.3 Å². The second-order valence-corrected chi connectivity index (χ2v) is 9.06. The van der Waals surface area contributed by atoms with Crippen LogP contribution in [0.5, 0.6) is 0 Å². The van der Waals surface area contributed by atoms with Crippen molar-refractivity contribution in [2.24, 2.45) is 0 Å². The van der Waals surface area contributed by atoms with Gasteiger partial charge >= 0.3 is 5.97 Å². The monoisotopic (exact) mass is 464 g/mol. The van der Waals surface area contributed by atoms with Gasteiger partial charge in [-0.3, -0.25) is 4.98 Å². The van der Waals surface area contributed by atoms with Gasteiger partial charge in [-0.15, -0.1) is 0 Å². The van der Waals surface area contributed by atoms with Crippen LogP contribution in [0.1, 0.15) is 42.1 Å². The quantitative estimate of drug-likeness (QED) is 0.365. The molecule has 2 N–H and O–H groups in total. The van der Waals surface area contributed by atoms with Gasteiger partial charge in [0.1, 0.15) is 5.82 Å². The molecule has 6 rings (SSSR count). The number of hydrogen-bond acceptors (Lipinski definition) is 5. The summed E-state index contributed by atoms with van der Waals surface area (Å²) in [5.74, 6) is -0.291. The lowest BCUT2D eigenvalue weighted by Gasteiger charge is -2.30. The zero-order valence-electron chi connectivity index (χ0n) is 19.0. The van der Waals surface area contributed by atoms with Crippen molar-refractivity contribution < 1.29 is 15.0 Å². The molecule has 1 aliphatic carbocycles. The van der Waals surface area contributed by atoms with Crippen molar-refractivity contribution in [1.29, 1.82) is 0 Å². The molecule has 0 unspecified atom stereocenters. The second-order valence-electron chi connectivity index (χ2n) is 9.06. The fourth-order valence-electron chi connectivity index (χ4n) is 5.06. The van der Waals surface area contributed by atoms with Crippen molar-refractivity contribution in [2.75, 3.05) is 0 Å². The lowest BCUT2D eigenvalue weighted by Crippen LogP contribution is -2.28. The minimum Gasteiger partial charge on any atom is -0.478 e. The van der Waals surface area contributed by atoms with Gasteiger partial charge in [0.05, 0.1) is 51.7 Å². The van der Waals surface area contributed by atoms with E-state index in [-0.39, 0.29) is 11.6 Å². The molecule has 7 nitrogen and oxygen atoms in total. The zero-order chi connectivity index (χ0) is 23.9. The minimum absolute atomic E-state index is 0.123. The molecule has 174 valence electrons. The maximum absolute atomic E-state index is 11.5. The first kappa shape index (κ1) is 21.4. The molecule has 7 heteroatoms. The number of carbonyl (C=O) groups is 1. The Balaban J connectivity index is 1.50. The summed E-state index contributed by atoms with van der Waals surface area (Å²) in [5.41, 5.74) is 5.81. The summed E-state index contributed by atoms with van der Waals surface area (Å²) in [7, 11) is 0. The Morgan fingerprint density at radius 2 is 1.69 bits per heavy atom. The number of aliphatic hydroxyl groups is 1. The van der Waals surface area contributed by atoms with E-state index in [1.807, 2.05) is 48.5 Å². The van der Waals surface area contributed by atoms with E-state index >= 15 is 0 Å². The van der Waals surface area contributed by atoms with E-state index in [0.717, 1.165) is 59.1 Å². The third kappa shape index (κ3) is 3.84. The van der Waals surface area contributed by atoms with Crippen LogP contribution >= 0.6 is 0 Å². The first-order valence-corrected chi connectivity index (χ1v) is 11.8. The van der Waals surface area contributed by atoms with Crippen molar-refractivity contribution in [2.45, 2.75) is 37.8 Å². The molecule has 5 aromatic rings. The molecule has 2 atom stereocenters. The van der Waals surface area contributed by atoms with Crippen LogP contribution in [0.2, 0.25) is 0 Å². The highest BCUT2D eigenvalue weighted by atomic mass is 16.4. The molecule has 1 aliphatic rings. The highest BCUT2D eigenvalue weighted by Crippen LogP contribution is 2.37. The third-order valence-corrected chi connectivity index (χ3v) is 6.83. The molecule has 35 heavy (non-hydrogen) atoms. The fourth-order valence-corrected chi connectivity index (χ4v) is 5.06. The highest BCUT2D eigenvalue weighted by Gasteiger charge is 2.29. The summed E-state index contributed by atoms with van der Waals surface area (Å²) in [5, 5.41) is 20.3. The van der Waals surface area contributed by atoms with Crippen molar-refractivity contribution >= 4 is 28.0 Å². The largest absolute Gasteiger partial charge is 0.478 e. The van der Waals surface area contributed by atoms with E-state index in [4.69, 9.17) is 9.97 Å². The third-order valence-electron chi connectivity index (χ3n) is 6.83. The molecule has 2 aromatic heterocycles. The van der Waals surface area contributed by atoms with Crippen LogP contribution in [0.25, 0.3) is 44.7 Å². The Labute approximate surface area is 201 Å². The normalized spacial score (nSPS) is 18.2. The summed E-state index contributed by atoms with van der Waals surface area (Å²) in [6.45, 7) is 0. The summed E-state index contributed by atoms with van der Waals surface area (Å²) in [6.07, 6.45) is 4.90. The fraction of sp³-hybridized carbons (Fsp3) is 0.214. The Kier molecular flexibility index (Phi) is 5.26. The molecular weight excluding hydrogens is 440 g/mol. The lowest BCUT2D eigenvalue weighted by molar-refractivity contribution is 0.0696. The van der Waals surface area contributed by atoms with Gasteiger partial charge in [0.2, 0.25) is 0 Å². The first-order valence-electron chi connectivity index (χ1n) is 11.8. The number of carboxylic acid groups (broad SMARTS) is 1. The standard InChI is InChI=1S/C28H24N4O3/c33-26-9-5-4-8-25(26)32-24-13-11-19(28(34)35)15-22(24)31-27(32)18-10-12-20-21(14-18)29-16-23(30-20)17-6-2-1-3-7-17/h1-3,6-7,10-16,25-26,33H,4-5,8-9H2,(H,34,35)/t25-,26-/m0/s1. The number of carboxylic acids is 1. The van der Waals surface area contributed by atoms with Gasteiger partial charge in [-0.2, -0.15) is 0 Å². The smallest absolute Gasteiger partial charge is 0.335 e. The van der Waals surface area contributed by atoms with Crippen LogP contribution in [-0.2, 0) is 0 Å². The first-order chi connectivity index (χ1) is 17.1. The maximum Gasteiger partial charge on any atom is 0.335 e. The Hall–Kier alpha value is -4.10. The van der Waals surface area contributed by atoms with E-state index in [9.17, 15) is 15.0 Å². The van der Waals surface area contributed by atoms with Crippen LogP contribution in [0.3, 0.4) is 0 Å². The number of imidazole rings is 1. The van der Waals surface area contributed by atoms with E-state index in [2.05, 4.69) is 9.55 Å². The second kappa shape index (κ2) is 8.60. The number of aromatic carboxylic acids is 1. The van der Waals surface area contributed by atoms with Gasteiger partial charge in [0, 0.05) is 11.1 Å². The molecule has 2 heterocycles. The van der Waals surface area contributed by atoms with Gasteiger partial charge in [0.15, 0.2) is 0 Å². The SMILES string of the molecule is O=C(O)c1ccc2c(c1)nc(-c1ccc3nc(-c4ccccc4)cnc3c1)n2[C@H]1CCCC[C@@H]1O. The van der Waals surface area contributed by atoms with Crippen molar-refractivity contribution in [1.82, 2.24) is 19.5 Å². The van der Waals surface area contributed by atoms with E-state index < -0.39 is 12.1 Å². The van der Waals surface area contributed by atoms with Crippen LogP contribution < -0.4 is 0 Å². The lowest BCUT2D eigenvalue weighted by atomic mass is 9.92. The number of rotatable bonds is 4. The van der Waals surface area contributed by atoms with Gasteiger partial charge in [-0.05, 0) is 49.2 Å². The molecule has 0 saturated heterocycles. The topological polar surface area (TPSA) is 101 Å². The van der Waals surface area contributed by atoms with Gasteiger partial charge in [0.25, 0.3) is 0 Å². The van der Waals surface area contributed by atoms with Crippen LogP contribution in [0.15, 0.2) is 72.9 Å². The number of benzene rings is 3. The van der Waals surface area contributed by atoms with Crippen molar-refractivity contribution in [3.05, 3.63) is 78.5 Å². The number of aliphatic hydroxyl groups excluding tert-OH is 1. The number of hydrogen-bond donors (Lipinski definition) is 2. The zero-order valence-corrected chi connectivity index (χ0v) is 19.0. The number of aromatic nitrogens is 4. The van der Waals surface area contributed by atoms with Crippen LogP contribution in [0, 0.1) is 0 Å². The van der Waals surface area contributed by atoms with Gasteiger partial charge in [-0.25, -0.2) is 14.8 Å². The van der Waals surface area contributed by atoms with Crippen LogP contribution in [0.4, 0.5) is 0 Å². The Bertz CT molecular complexity index is 1560. The van der Waals surface area contributed by atoms with Crippen LogP contribution in [-0.4, -0.2) is 41.8 Å². The molecule has 1 fully saturated rings. The predicted molar refractivity (Wildman–Crippen MR) is 134 cm³/mol. The molecular formula is C28H24N4O3. The molecule has 0 spiro atoms. The average molecular weight is 465 g/mol. The summed E-state index contributed by atoms with van der Waals surface area (Å²) >= 11 is 0. The van der Waals surface area contributed by atoms with Gasteiger partial charge in [-0.1, -0.05) is 43.2 Å². The Morgan fingerprint density at radius 1 is 0.857 bits per heavy atom. The van der Waals surface area contributed by atoms with Crippen molar-refractivity contribution in [3.8, 4) is 22.6 Å². The summed E-state index contributed by atoms with van der Waals surface area (Å²) < 4.78 is 2.08. The maximum atomic E-state index is 11.5. The molecule has 0 radical (unpaired) electrons. The predicted octanol–water partition coefficient (Wildman–Crippen LogP) is 5.49. The van der Waals surface area contributed by atoms with E-state index in [1.54, 1.807) is 24.4 Å². The molecule has 1 saturated carbocycles. The average Bonchev–Trinajstić information content (AvgIpc) is 3.27. The molecule has 0 amide bonds. The minimum atomic E-state index is -0.990. The number of fused-ring (bicyclic) bond motifs is 2. The van der Waals surface area contributed by atoms with Crippen molar-refractivity contribution in [3.63, 3.8) is 0 Å². The molecule has 3 aromatic carbocycles. The molecule has 0 aliphatic heterocycles. The van der Waals surface area contributed by atoms with Gasteiger partial charge < -0.3 is 14.8 Å². The molecule has 0 bridgehead atoms. The summed E-state index contributed by atoms with van der Waals surface area (Å²) in [4.78, 5) is 25.8.